The van der Waals surface area contributed by atoms with Crippen LogP contribution in [-0.2, 0) is 14.8 Å². The minimum Gasteiger partial charge on any atom is -0.352 e. The summed E-state index contributed by atoms with van der Waals surface area (Å²) in [4.78, 5) is 16.8. The van der Waals surface area contributed by atoms with Crippen LogP contribution >= 0.6 is 15.9 Å². The molecule has 1 amide bonds. The van der Waals surface area contributed by atoms with Crippen molar-refractivity contribution in [3.63, 3.8) is 0 Å². The Morgan fingerprint density at radius 3 is 2.80 bits per heavy atom. The number of nitrogens with one attached hydrogen (secondary N) is 1. The number of fused-ring (bicyclic) bond motifs is 1. The molecule has 1 atom stereocenters. The molecule has 6 nitrogen and oxygen atoms in total. The van der Waals surface area contributed by atoms with E-state index in [1.807, 2.05) is 6.07 Å². The van der Waals surface area contributed by atoms with Crippen molar-refractivity contribution in [3.05, 3.63) is 35.1 Å². The van der Waals surface area contributed by atoms with E-state index in [9.17, 15) is 13.2 Å². The third kappa shape index (κ3) is 3.07. The Kier molecular flexibility index (Phi) is 4.29. The van der Waals surface area contributed by atoms with Crippen LogP contribution in [0.25, 0.3) is 10.8 Å². The Hall–Kier alpha value is -1.51. The molecule has 8 heteroatoms. The van der Waals surface area contributed by atoms with Crippen molar-refractivity contribution in [2.24, 2.45) is 0 Å². The SMILES string of the molecule is O=C(NC1CC1)[C@@H]1CCCN1S(=O)(=O)c1cccc2cncc(Br)c12. The minimum atomic E-state index is -3.78. The van der Waals surface area contributed by atoms with E-state index in [0.717, 1.165) is 18.2 Å². The summed E-state index contributed by atoms with van der Waals surface area (Å²) in [6.45, 7) is 0.365. The van der Waals surface area contributed by atoms with E-state index in [-0.39, 0.29) is 16.8 Å². The number of pyridine rings is 1. The fraction of sp³-hybridized carbons (Fsp3) is 0.412. The van der Waals surface area contributed by atoms with Gasteiger partial charge in [-0.2, -0.15) is 4.31 Å². The van der Waals surface area contributed by atoms with E-state index < -0.39 is 16.1 Å². The van der Waals surface area contributed by atoms with Gasteiger partial charge in [0.15, 0.2) is 0 Å². The van der Waals surface area contributed by atoms with Gasteiger partial charge in [-0.1, -0.05) is 12.1 Å². The summed E-state index contributed by atoms with van der Waals surface area (Å²) < 4.78 is 28.6. The zero-order valence-corrected chi connectivity index (χ0v) is 15.9. The van der Waals surface area contributed by atoms with Crippen LogP contribution in [0, 0.1) is 0 Å². The van der Waals surface area contributed by atoms with Gasteiger partial charge in [-0.15, -0.1) is 0 Å². The second-order valence-corrected chi connectivity index (χ2v) is 9.25. The largest absolute Gasteiger partial charge is 0.352 e. The van der Waals surface area contributed by atoms with Crippen LogP contribution in [0.15, 0.2) is 40.0 Å². The first kappa shape index (κ1) is 16.9. The Bertz CT molecular complexity index is 938. The van der Waals surface area contributed by atoms with Gasteiger partial charge >= 0.3 is 0 Å². The van der Waals surface area contributed by atoms with Gasteiger partial charge in [0.1, 0.15) is 6.04 Å². The first-order valence-electron chi connectivity index (χ1n) is 8.33. The molecule has 1 N–H and O–H groups in total. The Morgan fingerprint density at radius 2 is 2.04 bits per heavy atom. The maximum Gasteiger partial charge on any atom is 0.244 e. The lowest BCUT2D eigenvalue weighted by Gasteiger charge is -2.24. The van der Waals surface area contributed by atoms with Gasteiger partial charge in [-0.05, 0) is 47.7 Å². The monoisotopic (exact) mass is 423 g/mol. The molecule has 1 aromatic carbocycles. The zero-order valence-electron chi connectivity index (χ0n) is 13.5. The van der Waals surface area contributed by atoms with Gasteiger partial charge in [0.25, 0.3) is 0 Å². The highest BCUT2D eigenvalue weighted by atomic mass is 79.9. The Labute approximate surface area is 154 Å². The van der Waals surface area contributed by atoms with Crippen LogP contribution in [-0.4, -0.2) is 42.2 Å². The summed E-state index contributed by atoms with van der Waals surface area (Å²) in [6, 6.07) is 4.72. The quantitative estimate of drug-likeness (QED) is 0.818. The number of rotatable bonds is 4. The highest BCUT2D eigenvalue weighted by Crippen LogP contribution is 2.34. The number of carbonyl (C=O) groups is 1. The van der Waals surface area contributed by atoms with Crippen LogP contribution in [0.3, 0.4) is 0 Å². The van der Waals surface area contributed by atoms with Gasteiger partial charge in [0, 0.05) is 40.2 Å². The summed E-state index contributed by atoms with van der Waals surface area (Å²) in [6.07, 6.45) is 6.44. The van der Waals surface area contributed by atoms with Crippen molar-refractivity contribution in [1.82, 2.24) is 14.6 Å². The van der Waals surface area contributed by atoms with E-state index in [1.54, 1.807) is 24.5 Å². The number of hydrogen-bond donors (Lipinski definition) is 1. The number of nitrogens with zero attached hydrogens (tertiary/aromatic N) is 2. The van der Waals surface area contributed by atoms with Crippen molar-refractivity contribution >= 4 is 42.6 Å². The molecule has 0 bridgehead atoms. The zero-order chi connectivity index (χ0) is 17.6. The van der Waals surface area contributed by atoms with Crippen LogP contribution in [0.1, 0.15) is 25.7 Å². The first-order chi connectivity index (χ1) is 12.0. The van der Waals surface area contributed by atoms with Gasteiger partial charge in [0.2, 0.25) is 15.9 Å². The minimum absolute atomic E-state index is 0.176. The number of aromatic nitrogens is 1. The van der Waals surface area contributed by atoms with Crippen molar-refractivity contribution < 1.29 is 13.2 Å². The summed E-state index contributed by atoms with van der Waals surface area (Å²) >= 11 is 3.41. The second-order valence-electron chi connectivity index (χ2n) is 6.53. The average molecular weight is 424 g/mol. The Balaban J connectivity index is 1.75. The molecule has 0 radical (unpaired) electrons. The lowest BCUT2D eigenvalue weighted by Crippen LogP contribution is -2.46. The van der Waals surface area contributed by atoms with Crippen molar-refractivity contribution in [2.75, 3.05) is 6.54 Å². The van der Waals surface area contributed by atoms with E-state index in [2.05, 4.69) is 26.2 Å². The van der Waals surface area contributed by atoms with Crippen molar-refractivity contribution in [3.8, 4) is 0 Å². The molecule has 25 heavy (non-hydrogen) atoms. The molecule has 0 unspecified atom stereocenters. The van der Waals surface area contributed by atoms with E-state index in [4.69, 9.17) is 0 Å². The number of hydrogen-bond acceptors (Lipinski definition) is 4. The molecular weight excluding hydrogens is 406 g/mol. The van der Waals surface area contributed by atoms with E-state index >= 15 is 0 Å². The average Bonchev–Trinajstić information content (AvgIpc) is 3.25. The van der Waals surface area contributed by atoms with Crippen molar-refractivity contribution in [1.29, 1.82) is 0 Å². The number of sulfonamides is 1. The number of benzene rings is 1. The number of halogens is 1. The molecule has 1 aliphatic carbocycles. The summed E-state index contributed by atoms with van der Waals surface area (Å²) in [5, 5.41) is 4.28. The molecule has 4 rings (SSSR count). The third-order valence-corrected chi connectivity index (χ3v) is 7.27. The van der Waals surface area contributed by atoms with Gasteiger partial charge < -0.3 is 5.32 Å². The molecule has 1 aromatic heterocycles. The summed E-state index contributed by atoms with van der Waals surface area (Å²) in [5.74, 6) is -0.176. The summed E-state index contributed by atoms with van der Waals surface area (Å²) in [5.41, 5.74) is 0. The maximum absolute atomic E-state index is 13.3. The van der Waals surface area contributed by atoms with Crippen LogP contribution in [0.4, 0.5) is 0 Å². The molecule has 1 saturated heterocycles. The van der Waals surface area contributed by atoms with Crippen LogP contribution in [0.5, 0.6) is 0 Å². The molecule has 1 aliphatic heterocycles. The molecule has 2 fully saturated rings. The van der Waals surface area contributed by atoms with E-state index in [0.29, 0.717) is 29.2 Å². The lowest BCUT2D eigenvalue weighted by molar-refractivity contribution is -0.124. The fourth-order valence-corrected chi connectivity index (χ4v) is 5.90. The molecule has 0 spiro atoms. The van der Waals surface area contributed by atoms with E-state index in [1.165, 1.54) is 4.31 Å². The Morgan fingerprint density at radius 1 is 1.24 bits per heavy atom. The predicted molar refractivity (Wildman–Crippen MR) is 97.5 cm³/mol. The van der Waals surface area contributed by atoms with Crippen LogP contribution in [0.2, 0.25) is 0 Å². The fourth-order valence-electron chi connectivity index (χ4n) is 3.32. The maximum atomic E-state index is 13.3. The topological polar surface area (TPSA) is 79.4 Å². The highest BCUT2D eigenvalue weighted by Gasteiger charge is 2.41. The van der Waals surface area contributed by atoms with Gasteiger partial charge in [-0.3, -0.25) is 9.78 Å². The number of carbonyl (C=O) groups excluding carboxylic acids is 1. The smallest absolute Gasteiger partial charge is 0.244 e. The molecule has 2 aromatic rings. The normalized spacial score (nSPS) is 21.6. The predicted octanol–water partition coefficient (Wildman–Crippen LogP) is 2.43. The third-order valence-electron chi connectivity index (χ3n) is 4.72. The molecule has 2 aliphatic rings. The molecule has 132 valence electrons. The molecule has 2 heterocycles. The number of amides is 1. The van der Waals surface area contributed by atoms with Crippen molar-refractivity contribution in [2.45, 2.75) is 42.7 Å². The van der Waals surface area contributed by atoms with Crippen LogP contribution < -0.4 is 5.32 Å². The summed E-state index contributed by atoms with van der Waals surface area (Å²) in [7, 11) is -3.78. The highest BCUT2D eigenvalue weighted by molar-refractivity contribution is 9.10. The molecular formula is C17H18BrN3O3S. The van der Waals surface area contributed by atoms with Gasteiger partial charge in [0.05, 0.1) is 4.90 Å². The second kappa shape index (κ2) is 6.34. The standard InChI is InChI=1S/C17H18BrN3O3S/c18-13-10-19-9-11-3-1-5-15(16(11)13)25(23,24)21-8-2-4-14(21)17(22)20-12-6-7-12/h1,3,5,9-10,12,14H,2,4,6-8H2,(H,20,22)/t14-/m0/s1. The molecule has 1 saturated carbocycles. The first-order valence-corrected chi connectivity index (χ1v) is 10.6. The lowest BCUT2D eigenvalue weighted by atomic mass is 10.2. The van der Waals surface area contributed by atoms with Gasteiger partial charge in [-0.25, -0.2) is 8.42 Å².